The first-order valence-electron chi connectivity index (χ1n) is 10.7. The number of phenolic OH excluding ortho intramolecular Hbond substituents is 1. The van der Waals surface area contributed by atoms with Crippen LogP contribution in [0.3, 0.4) is 0 Å². The van der Waals surface area contributed by atoms with E-state index in [9.17, 15) is 14.5 Å². The Bertz CT molecular complexity index is 924. The number of rotatable bonds is 12. The summed E-state index contributed by atoms with van der Waals surface area (Å²) in [7, 11) is -2.35. The number of esters is 1. The number of unbranched alkanes of at least 4 members (excludes halogenated alkanes) is 2. The van der Waals surface area contributed by atoms with Gasteiger partial charge in [-0.15, -0.1) is 0 Å². The van der Waals surface area contributed by atoms with E-state index in [0.717, 1.165) is 42.4 Å². The van der Waals surface area contributed by atoms with Gasteiger partial charge in [-0.25, -0.2) is 4.57 Å². The van der Waals surface area contributed by atoms with Crippen LogP contribution in [0.25, 0.3) is 11.1 Å². The second kappa shape index (κ2) is 11.9. The number of benzene rings is 2. The lowest BCUT2D eigenvalue weighted by molar-refractivity contribution is -0.142. The van der Waals surface area contributed by atoms with Gasteiger partial charge in [-0.3, -0.25) is 4.79 Å². The van der Waals surface area contributed by atoms with E-state index in [2.05, 4.69) is 6.92 Å². The molecule has 0 fully saturated rings. The van der Waals surface area contributed by atoms with Gasteiger partial charge in [-0.05, 0) is 49.9 Å². The molecule has 0 amide bonds. The Morgan fingerprint density at radius 2 is 1.90 bits per heavy atom. The molecule has 0 saturated carbocycles. The van der Waals surface area contributed by atoms with Crippen molar-refractivity contribution in [2.24, 2.45) is 0 Å². The van der Waals surface area contributed by atoms with Crippen LogP contribution in [0.1, 0.15) is 50.7 Å². The Balaban J connectivity index is 2.42. The second-order valence-electron chi connectivity index (χ2n) is 7.48. The number of ether oxygens (including phenoxy) is 1. The topological polar surface area (TPSA) is 82.1 Å². The van der Waals surface area contributed by atoms with Crippen molar-refractivity contribution in [3.8, 4) is 22.6 Å². The summed E-state index contributed by atoms with van der Waals surface area (Å²) in [5.74, 6) is -0.118. The number of carbonyl (C=O) groups is 1. The van der Waals surface area contributed by atoms with E-state index in [1.807, 2.05) is 37.3 Å². The normalized spacial score (nSPS) is 12.9. The standard InChI is InChI=1S/C24H33O6P/c1-5-7-8-11-19-16-21(25)24(20-12-9-10-18(3)15-20)22(17-19)30-31(27,28-4)14-13-23(26)29-6-2/h9-10,12,15-17,25H,5-8,11,13-14H2,1-4H3. The largest absolute Gasteiger partial charge is 0.507 e. The Morgan fingerprint density at radius 3 is 2.55 bits per heavy atom. The van der Waals surface area contributed by atoms with Crippen LogP contribution in [0.2, 0.25) is 0 Å². The number of aryl methyl sites for hydroxylation is 2. The molecule has 0 radical (unpaired) electrons. The van der Waals surface area contributed by atoms with Crippen LogP contribution >= 0.6 is 7.60 Å². The molecular formula is C24H33O6P. The molecule has 0 aliphatic carbocycles. The zero-order valence-corrected chi connectivity index (χ0v) is 19.7. The zero-order chi connectivity index (χ0) is 22.9. The van der Waals surface area contributed by atoms with Gasteiger partial charge in [-0.2, -0.15) is 0 Å². The lowest BCUT2D eigenvalue weighted by Crippen LogP contribution is -2.09. The maximum absolute atomic E-state index is 13.3. The minimum atomic E-state index is -3.64. The Hall–Kier alpha value is -2.30. The molecule has 31 heavy (non-hydrogen) atoms. The van der Waals surface area contributed by atoms with Crippen molar-refractivity contribution in [3.05, 3.63) is 47.5 Å². The zero-order valence-electron chi connectivity index (χ0n) is 18.8. The molecule has 1 unspecified atom stereocenters. The van der Waals surface area contributed by atoms with E-state index in [-0.39, 0.29) is 30.7 Å². The third-order valence-electron chi connectivity index (χ3n) is 4.93. The fraction of sp³-hybridized carbons (Fsp3) is 0.458. The van der Waals surface area contributed by atoms with E-state index >= 15 is 0 Å². The summed E-state index contributed by atoms with van der Waals surface area (Å²) in [5, 5.41) is 10.8. The van der Waals surface area contributed by atoms with E-state index in [1.165, 1.54) is 7.11 Å². The van der Waals surface area contributed by atoms with Gasteiger partial charge in [-0.1, -0.05) is 49.6 Å². The summed E-state index contributed by atoms with van der Waals surface area (Å²) < 4.78 is 29.3. The van der Waals surface area contributed by atoms with Crippen LogP contribution in [0, 0.1) is 6.92 Å². The first kappa shape index (κ1) is 25.0. The molecular weight excluding hydrogens is 415 g/mol. The number of hydrogen-bond donors (Lipinski definition) is 1. The van der Waals surface area contributed by atoms with Crippen LogP contribution in [-0.4, -0.2) is 31.0 Å². The smallest absolute Gasteiger partial charge is 0.379 e. The quantitative estimate of drug-likeness (QED) is 0.234. The monoisotopic (exact) mass is 448 g/mol. The average Bonchev–Trinajstić information content (AvgIpc) is 2.72. The molecule has 0 aliphatic heterocycles. The average molecular weight is 448 g/mol. The molecule has 0 aliphatic rings. The van der Waals surface area contributed by atoms with Gasteiger partial charge in [0, 0.05) is 7.11 Å². The van der Waals surface area contributed by atoms with E-state index < -0.39 is 13.6 Å². The third kappa shape index (κ3) is 7.41. The van der Waals surface area contributed by atoms with Gasteiger partial charge in [0.05, 0.1) is 24.8 Å². The number of carbonyl (C=O) groups excluding carboxylic acids is 1. The Kier molecular flexibility index (Phi) is 9.60. The van der Waals surface area contributed by atoms with Crippen molar-refractivity contribution in [1.29, 1.82) is 0 Å². The van der Waals surface area contributed by atoms with Crippen molar-refractivity contribution in [2.75, 3.05) is 19.9 Å². The highest BCUT2D eigenvalue weighted by Crippen LogP contribution is 2.52. The van der Waals surface area contributed by atoms with Crippen molar-refractivity contribution in [1.82, 2.24) is 0 Å². The molecule has 0 spiro atoms. The molecule has 1 N–H and O–H groups in total. The van der Waals surface area contributed by atoms with E-state index in [1.54, 1.807) is 13.0 Å². The number of hydrogen-bond acceptors (Lipinski definition) is 6. The fourth-order valence-corrected chi connectivity index (χ4v) is 4.58. The van der Waals surface area contributed by atoms with E-state index in [4.69, 9.17) is 13.8 Å². The molecule has 1 atom stereocenters. The van der Waals surface area contributed by atoms with Crippen LogP contribution in [0.5, 0.6) is 11.5 Å². The first-order chi connectivity index (χ1) is 14.8. The van der Waals surface area contributed by atoms with Crippen molar-refractivity contribution >= 4 is 13.6 Å². The lowest BCUT2D eigenvalue weighted by atomic mass is 9.98. The van der Waals surface area contributed by atoms with Gasteiger partial charge in [0.25, 0.3) is 0 Å². The SMILES string of the molecule is CCCCCc1cc(O)c(-c2cccc(C)c2)c(OP(=O)(CCC(=O)OCC)OC)c1. The van der Waals surface area contributed by atoms with Gasteiger partial charge in [0.15, 0.2) is 0 Å². The highest BCUT2D eigenvalue weighted by atomic mass is 31.2. The molecule has 0 aromatic heterocycles. The molecule has 2 rings (SSSR count). The maximum atomic E-state index is 13.3. The lowest BCUT2D eigenvalue weighted by Gasteiger charge is -2.21. The second-order valence-corrected chi connectivity index (χ2v) is 9.69. The van der Waals surface area contributed by atoms with Crippen LogP contribution in [0.15, 0.2) is 36.4 Å². The molecule has 7 heteroatoms. The molecule has 0 saturated heterocycles. The summed E-state index contributed by atoms with van der Waals surface area (Å²) in [6.45, 7) is 6.05. The Morgan fingerprint density at radius 1 is 1.13 bits per heavy atom. The predicted molar refractivity (Wildman–Crippen MR) is 123 cm³/mol. The van der Waals surface area contributed by atoms with Gasteiger partial charge in [0.2, 0.25) is 0 Å². The fourth-order valence-electron chi connectivity index (χ4n) is 3.33. The third-order valence-corrected chi connectivity index (χ3v) is 6.73. The molecule has 170 valence electrons. The summed E-state index contributed by atoms with van der Waals surface area (Å²) in [4.78, 5) is 11.7. The Labute approximate surface area is 185 Å². The highest BCUT2D eigenvalue weighted by molar-refractivity contribution is 7.54. The highest BCUT2D eigenvalue weighted by Gasteiger charge is 2.29. The van der Waals surface area contributed by atoms with E-state index in [0.29, 0.717) is 5.56 Å². The van der Waals surface area contributed by atoms with Gasteiger partial charge < -0.3 is 18.9 Å². The molecule has 2 aromatic carbocycles. The van der Waals surface area contributed by atoms with Crippen LogP contribution in [0.4, 0.5) is 0 Å². The molecule has 0 heterocycles. The van der Waals surface area contributed by atoms with Crippen molar-refractivity contribution in [3.63, 3.8) is 0 Å². The van der Waals surface area contributed by atoms with Crippen LogP contribution < -0.4 is 4.52 Å². The van der Waals surface area contributed by atoms with Crippen molar-refractivity contribution in [2.45, 2.75) is 52.9 Å². The predicted octanol–water partition coefficient (Wildman–Crippen LogP) is 6.27. The summed E-state index contributed by atoms with van der Waals surface area (Å²) >= 11 is 0. The number of aromatic hydroxyl groups is 1. The van der Waals surface area contributed by atoms with Crippen molar-refractivity contribution < 1.29 is 28.3 Å². The number of phenols is 1. The molecule has 6 nitrogen and oxygen atoms in total. The minimum Gasteiger partial charge on any atom is -0.507 e. The van der Waals surface area contributed by atoms with Gasteiger partial charge in [0.1, 0.15) is 11.5 Å². The van der Waals surface area contributed by atoms with Crippen LogP contribution in [-0.2, 0) is 25.0 Å². The minimum absolute atomic E-state index is 0.0580. The summed E-state index contributed by atoms with van der Waals surface area (Å²) in [5.41, 5.74) is 3.12. The molecule has 0 bridgehead atoms. The first-order valence-corrected chi connectivity index (χ1v) is 12.5. The van der Waals surface area contributed by atoms with Gasteiger partial charge >= 0.3 is 13.6 Å². The molecule has 2 aromatic rings. The summed E-state index contributed by atoms with van der Waals surface area (Å²) in [6, 6.07) is 11.2. The summed E-state index contributed by atoms with van der Waals surface area (Å²) in [6.07, 6.45) is 3.71. The maximum Gasteiger partial charge on any atom is 0.379 e.